The van der Waals surface area contributed by atoms with Crippen molar-refractivity contribution < 1.29 is 18.1 Å². The Morgan fingerprint density at radius 2 is 2.18 bits per heavy atom. The van der Waals surface area contributed by atoms with Gasteiger partial charge in [0, 0.05) is 12.1 Å². The molecule has 2 heterocycles. The molecule has 1 aromatic rings. The van der Waals surface area contributed by atoms with Crippen molar-refractivity contribution in [3.8, 4) is 0 Å². The minimum Gasteiger partial charge on any atom is -0.348 e. The molecule has 2 rings (SSSR count). The Morgan fingerprint density at radius 1 is 1.50 bits per heavy atom. The lowest BCUT2D eigenvalue weighted by molar-refractivity contribution is -0.385. The van der Waals surface area contributed by atoms with Gasteiger partial charge in [-0.3, -0.25) is 24.3 Å². The van der Waals surface area contributed by atoms with Gasteiger partial charge in [-0.15, -0.1) is 0 Å². The molecule has 10 heteroatoms. The van der Waals surface area contributed by atoms with Gasteiger partial charge < -0.3 is 5.32 Å². The normalized spacial score (nSPS) is 23.1. The molecule has 1 saturated heterocycles. The van der Waals surface area contributed by atoms with E-state index in [0.29, 0.717) is 6.42 Å². The quantitative estimate of drug-likeness (QED) is 0.583. The third kappa shape index (κ3) is 3.70. The van der Waals surface area contributed by atoms with Gasteiger partial charge in [-0.05, 0) is 13.3 Å². The molecule has 0 aromatic carbocycles. The summed E-state index contributed by atoms with van der Waals surface area (Å²) >= 11 is 0. The molecule has 1 aliphatic rings. The largest absolute Gasteiger partial charge is 0.348 e. The summed E-state index contributed by atoms with van der Waals surface area (Å²) in [4.78, 5) is 33.6. The first-order valence-corrected chi connectivity index (χ1v) is 8.29. The van der Waals surface area contributed by atoms with Gasteiger partial charge in [-0.25, -0.2) is 8.42 Å². The number of rotatable bonds is 4. The number of pyridine rings is 1. The molecule has 120 valence electrons. The van der Waals surface area contributed by atoms with Gasteiger partial charge in [-0.2, -0.15) is 0 Å². The third-order valence-electron chi connectivity index (χ3n) is 3.44. The maximum atomic E-state index is 12.0. The minimum absolute atomic E-state index is 0.000533. The average Bonchev–Trinajstić information content (AvgIpc) is 2.65. The molecule has 1 fully saturated rings. The third-order valence-corrected chi connectivity index (χ3v) is 5.34. The van der Waals surface area contributed by atoms with Crippen molar-refractivity contribution in [2.45, 2.75) is 25.4 Å². The number of hydrogen-bond donors (Lipinski definition) is 1. The zero-order valence-corrected chi connectivity index (χ0v) is 12.6. The Kier molecular flexibility index (Phi) is 4.05. The molecule has 0 saturated carbocycles. The van der Waals surface area contributed by atoms with E-state index in [9.17, 15) is 28.1 Å². The van der Waals surface area contributed by atoms with Crippen molar-refractivity contribution in [1.82, 2.24) is 9.88 Å². The predicted octanol–water partition coefficient (Wildman–Crippen LogP) is -0.550. The molecule has 0 spiro atoms. The van der Waals surface area contributed by atoms with Crippen molar-refractivity contribution >= 4 is 21.4 Å². The summed E-state index contributed by atoms with van der Waals surface area (Å²) in [6.45, 7) is 1.21. The lowest BCUT2D eigenvalue weighted by Gasteiger charge is -2.24. The van der Waals surface area contributed by atoms with Crippen molar-refractivity contribution in [2.24, 2.45) is 0 Å². The van der Waals surface area contributed by atoms with Crippen LogP contribution in [0, 0.1) is 10.1 Å². The Hall–Kier alpha value is -2.23. The van der Waals surface area contributed by atoms with E-state index in [1.54, 1.807) is 6.92 Å². The number of carbonyl (C=O) groups excluding carboxylic acids is 1. The number of carbonyl (C=O) groups is 1. The Bertz CT molecular complexity index is 784. The van der Waals surface area contributed by atoms with E-state index in [4.69, 9.17) is 0 Å². The molecule has 1 aliphatic heterocycles. The van der Waals surface area contributed by atoms with Crippen LogP contribution in [0.1, 0.15) is 13.3 Å². The van der Waals surface area contributed by atoms with Crippen molar-refractivity contribution in [3.63, 3.8) is 0 Å². The fraction of sp³-hybridized carbons (Fsp3) is 0.500. The Balaban J connectivity index is 2.11. The van der Waals surface area contributed by atoms with Crippen LogP contribution in [0.25, 0.3) is 0 Å². The van der Waals surface area contributed by atoms with Gasteiger partial charge in [0.15, 0.2) is 9.84 Å². The molecule has 0 bridgehead atoms. The summed E-state index contributed by atoms with van der Waals surface area (Å²) in [5.74, 6) is -0.724. The highest BCUT2D eigenvalue weighted by atomic mass is 32.2. The van der Waals surface area contributed by atoms with E-state index in [-0.39, 0.29) is 17.2 Å². The van der Waals surface area contributed by atoms with Crippen LogP contribution in [-0.4, -0.2) is 40.9 Å². The number of amides is 1. The molecule has 0 radical (unpaired) electrons. The number of aromatic nitrogens is 1. The minimum atomic E-state index is -3.17. The molecule has 9 nitrogen and oxygen atoms in total. The fourth-order valence-corrected chi connectivity index (χ4v) is 4.48. The summed E-state index contributed by atoms with van der Waals surface area (Å²) in [7, 11) is -3.17. The second-order valence-electron chi connectivity index (χ2n) is 5.56. The van der Waals surface area contributed by atoms with Crippen molar-refractivity contribution in [2.75, 3.05) is 11.5 Å². The van der Waals surface area contributed by atoms with Crippen molar-refractivity contribution in [1.29, 1.82) is 0 Å². The van der Waals surface area contributed by atoms with Crippen LogP contribution in [0.15, 0.2) is 23.1 Å². The van der Waals surface area contributed by atoms with Crippen LogP contribution in [-0.2, 0) is 21.2 Å². The number of nitro groups is 1. The molecular formula is C12H15N3O6S. The maximum Gasteiger partial charge on any atom is 0.285 e. The van der Waals surface area contributed by atoms with Crippen LogP contribution in [0.4, 0.5) is 5.69 Å². The summed E-state index contributed by atoms with van der Waals surface area (Å²) in [6.07, 6.45) is 1.28. The highest BCUT2D eigenvalue weighted by Gasteiger charge is 2.39. The maximum absolute atomic E-state index is 12.0. The second-order valence-corrected chi connectivity index (χ2v) is 7.75. The molecular weight excluding hydrogens is 314 g/mol. The second kappa shape index (κ2) is 5.52. The molecule has 1 amide bonds. The van der Waals surface area contributed by atoms with Crippen LogP contribution in [0.2, 0.25) is 0 Å². The van der Waals surface area contributed by atoms with E-state index >= 15 is 0 Å². The van der Waals surface area contributed by atoms with Crippen molar-refractivity contribution in [3.05, 3.63) is 38.8 Å². The topological polar surface area (TPSA) is 128 Å². The van der Waals surface area contributed by atoms with Crippen LogP contribution in [0.3, 0.4) is 0 Å². The van der Waals surface area contributed by atoms with E-state index in [1.807, 2.05) is 0 Å². The van der Waals surface area contributed by atoms with Gasteiger partial charge in [0.05, 0.1) is 28.2 Å². The van der Waals surface area contributed by atoms with E-state index < -0.39 is 38.3 Å². The monoisotopic (exact) mass is 329 g/mol. The SMILES string of the molecule is C[C@]1(NC(=O)Cn2cc([N+](=O)[O-])ccc2=O)CCS(=O)(=O)C1. The highest BCUT2D eigenvalue weighted by molar-refractivity contribution is 7.91. The molecule has 0 aliphatic carbocycles. The van der Waals surface area contributed by atoms with Gasteiger partial charge in [0.2, 0.25) is 5.91 Å². The molecule has 0 unspecified atom stereocenters. The number of sulfone groups is 1. The lowest BCUT2D eigenvalue weighted by atomic mass is 10.0. The zero-order chi connectivity index (χ0) is 16.5. The Morgan fingerprint density at radius 3 is 2.73 bits per heavy atom. The lowest BCUT2D eigenvalue weighted by Crippen LogP contribution is -2.48. The summed E-state index contributed by atoms with van der Waals surface area (Å²) in [6, 6.07) is 2.06. The standard InChI is InChI=1S/C12H15N3O6S/c1-12(4-5-22(20,21)8-12)13-10(16)7-14-6-9(15(18)19)2-3-11(14)17/h2-3,6H,4-5,7-8H2,1H3,(H,13,16)/t12-/m0/s1. The van der Waals surface area contributed by atoms with Gasteiger partial charge in [0.25, 0.3) is 11.2 Å². The number of nitrogens with zero attached hydrogens (tertiary/aromatic N) is 2. The average molecular weight is 329 g/mol. The fourth-order valence-electron chi connectivity index (χ4n) is 2.39. The first kappa shape index (κ1) is 16.1. The first-order chi connectivity index (χ1) is 10.1. The summed E-state index contributed by atoms with van der Waals surface area (Å²) < 4.78 is 23.9. The van der Waals surface area contributed by atoms with Gasteiger partial charge in [-0.1, -0.05) is 0 Å². The summed E-state index contributed by atoms with van der Waals surface area (Å²) in [5.41, 5.74) is -1.73. The first-order valence-electron chi connectivity index (χ1n) is 6.47. The summed E-state index contributed by atoms with van der Waals surface area (Å²) in [5, 5.41) is 13.3. The molecule has 1 aromatic heterocycles. The van der Waals surface area contributed by atoms with Gasteiger partial charge >= 0.3 is 0 Å². The molecule has 22 heavy (non-hydrogen) atoms. The Labute approximate surface area is 126 Å². The highest BCUT2D eigenvalue weighted by Crippen LogP contribution is 2.22. The van der Waals surface area contributed by atoms with E-state index in [0.717, 1.165) is 22.9 Å². The molecule has 1 atom stereocenters. The van der Waals surface area contributed by atoms with Crippen LogP contribution >= 0.6 is 0 Å². The zero-order valence-electron chi connectivity index (χ0n) is 11.8. The number of nitrogens with one attached hydrogen (secondary N) is 1. The van der Waals surface area contributed by atoms with E-state index in [1.165, 1.54) is 0 Å². The smallest absolute Gasteiger partial charge is 0.285 e. The molecule has 1 N–H and O–H groups in total. The van der Waals surface area contributed by atoms with Crippen LogP contribution in [0.5, 0.6) is 0 Å². The van der Waals surface area contributed by atoms with Gasteiger partial charge in [0.1, 0.15) is 6.54 Å². The van der Waals surface area contributed by atoms with E-state index in [2.05, 4.69) is 5.32 Å². The predicted molar refractivity (Wildman–Crippen MR) is 77.2 cm³/mol. The number of hydrogen-bond acceptors (Lipinski definition) is 6. The van der Waals surface area contributed by atoms with Crippen LogP contribution < -0.4 is 10.9 Å².